The van der Waals surface area contributed by atoms with Gasteiger partial charge in [0.1, 0.15) is 10.8 Å². The largest absolute Gasteiger partial charge is 0.310 e. The summed E-state index contributed by atoms with van der Waals surface area (Å²) in [5.41, 5.74) is 0.0540. The summed E-state index contributed by atoms with van der Waals surface area (Å²) < 4.78 is 27.1. The Labute approximate surface area is 117 Å². The Morgan fingerprint density at radius 3 is 2.53 bits per heavy atom. The number of hydrogen-bond donors (Lipinski definition) is 0. The van der Waals surface area contributed by atoms with Crippen LogP contribution in [0.5, 0.6) is 0 Å². The standard InChI is InChI=1S/C14H18ClF2NO/c1-3-5-9-18(12(19)6-4-2)11-8-7-10(16)13(15)14(11)17/h7-8H,3-6,9H2,1-2H3. The maximum atomic E-state index is 14.0. The van der Waals surface area contributed by atoms with E-state index < -0.39 is 16.7 Å². The molecule has 0 saturated carbocycles. The van der Waals surface area contributed by atoms with E-state index in [9.17, 15) is 13.6 Å². The molecule has 1 aromatic rings. The van der Waals surface area contributed by atoms with Crippen LogP contribution in [0, 0.1) is 11.6 Å². The van der Waals surface area contributed by atoms with Crippen LogP contribution < -0.4 is 4.90 Å². The first-order chi connectivity index (χ1) is 9.02. The van der Waals surface area contributed by atoms with Crippen LogP contribution in [0.1, 0.15) is 39.5 Å². The highest BCUT2D eigenvalue weighted by Gasteiger charge is 2.21. The molecule has 5 heteroatoms. The monoisotopic (exact) mass is 289 g/mol. The van der Waals surface area contributed by atoms with Crippen molar-refractivity contribution < 1.29 is 13.6 Å². The molecule has 0 aliphatic carbocycles. The van der Waals surface area contributed by atoms with Crippen molar-refractivity contribution in [2.24, 2.45) is 0 Å². The van der Waals surface area contributed by atoms with Crippen molar-refractivity contribution in [3.8, 4) is 0 Å². The van der Waals surface area contributed by atoms with Gasteiger partial charge in [0.2, 0.25) is 5.91 Å². The Morgan fingerprint density at radius 1 is 1.26 bits per heavy atom. The summed E-state index contributed by atoms with van der Waals surface area (Å²) >= 11 is 5.55. The lowest BCUT2D eigenvalue weighted by atomic mass is 10.2. The number of carbonyl (C=O) groups is 1. The second-order valence-electron chi connectivity index (χ2n) is 4.34. The third kappa shape index (κ3) is 3.90. The zero-order valence-electron chi connectivity index (χ0n) is 11.2. The smallest absolute Gasteiger partial charge is 0.227 e. The number of carbonyl (C=O) groups excluding carboxylic acids is 1. The van der Waals surface area contributed by atoms with Gasteiger partial charge in [-0.15, -0.1) is 0 Å². The van der Waals surface area contributed by atoms with Gasteiger partial charge in [-0.05, 0) is 25.0 Å². The Bertz CT molecular complexity index is 451. The van der Waals surface area contributed by atoms with E-state index in [0.29, 0.717) is 19.4 Å². The van der Waals surface area contributed by atoms with Crippen molar-refractivity contribution in [2.75, 3.05) is 11.4 Å². The van der Waals surface area contributed by atoms with Crippen molar-refractivity contribution in [1.29, 1.82) is 0 Å². The van der Waals surface area contributed by atoms with Crippen molar-refractivity contribution in [1.82, 2.24) is 0 Å². The molecule has 0 fully saturated rings. The van der Waals surface area contributed by atoms with E-state index in [2.05, 4.69) is 0 Å². The summed E-state index contributed by atoms with van der Waals surface area (Å²) in [6.07, 6.45) is 2.65. The minimum atomic E-state index is -0.873. The van der Waals surface area contributed by atoms with Crippen LogP contribution >= 0.6 is 11.6 Å². The topological polar surface area (TPSA) is 20.3 Å². The van der Waals surface area contributed by atoms with Gasteiger partial charge >= 0.3 is 0 Å². The molecule has 0 bridgehead atoms. The first-order valence-corrected chi connectivity index (χ1v) is 6.84. The highest BCUT2D eigenvalue weighted by molar-refractivity contribution is 6.31. The summed E-state index contributed by atoms with van der Waals surface area (Å²) in [4.78, 5) is 13.4. The molecule has 0 aliphatic heterocycles. The molecule has 0 N–H and O–H groups in total. The SMILES string of the molecule is CCCCN(C(=O)CCC)c1ccc(F)c(Cl)c1F. The van der Waals surface area contributed by atoms with Crippen molar-refractivity contribution in [3.05, 3.63) is 28.8 Å². The van der Waals surface area contributed by atoms with Crippen molar-refractivity contribution in [3.63, 3.8) is 0 Å². The van der Waals surface area contributed by atoms with Crippen LogP contribution in [-0.4, -0.2) is 12.5 Å². The average Bonchev–Trinajstić information content (AvgIpc) is 2.39. The fourth-order valence-electron chi connectivity index (χ4n) is 1.77. The highest BCUT2D eigenvalue weighted by Crippen LogP contribution is 2.29. The summed E-state index contributed by atoms with van der Waals surface area (Å²) in [6.45, 7) is 4.27. The first kappa shape index (κ1) is 15.9. The fourth-order valence-corrected chi connectivity index (χ4v) is 1.93. The number of nitrogens with zero attached hydrogens (tertiary/aromatic N) is 1. The van der Waals surface area contributed by atoms with E-state index >= 15 is 0 Å². The quantitative estimate of drug-likeness (QED) is 0.704. The number of halogens is 3. The zero-order chi connectivity index (χ0) is 14.4. The van der Waals surface area contributed by atoms with E-state index in [0.717, 1.165) is 18.9 Å². The minimum Gasteiger partial charge on any atom is -0.310 e. The number of amides is 1. The van der Waals surface area contributed by atoms with E-state index in [1.165, 1.54) is 11.0 Å². The highest BCUT2D eigenvalue weighted by atomic mass is 35.5. The number of rotatable bonds is 6. The molecule has 0 heterocycles. The molecule has 0 aromatic heterocycles. The third-order valence-electron chi connectivity index (χ3n) is 2.81. The normalized spacial score (nSPS) is 10.6. The fraction of sp³-hybridized carbons (Fsp3) is 0.500. The Balaban J connectivity index is 3.10. The van der Waals surface area contributed by atoms with E-state index in [1.807, 2.05) is 13.8 Å². The lowest BCUT2D eigenvalue weighted by molar-refractivity contribution is -0.118. The van der Waals surface area contributed by atoms with Crippen LogP contribution in [0.25, 0.3) is 0 Å². The summed E-state index contributed by atoms with van der Waals surface area (Å²) in [5, 5.41) is -0.566. The van der Waals surface area contributed by atoms with Gasteiger partial charge in [0.05, 0.1) is 5.69 Å². The predicted octanol–water partition coefficient (Wildman–Crippen LogP) is 4.55. The summed E-state index contributed by atoms with van der Waals surface area (Å²) in [6, 6.07) is 2.35. The molecule has 0 unspecified atom stereocenters. The van der Waals surface area contributed by atoms with Gasteiger partial charge in [0.15, 0.2) is 5.82 Å². The molecule has 0 atom stereocenters. The van der Waals surface area contributed by atoms with E-state index in [1.54, 1.807) is 0 Å². The summed E-state index contributed by atoms with van der Waals surface area (Å²) in [7, 11) is 0. The minimum absolute atomic E-state index is 0.0540. The average molecular weight is 290 g/mol. The van der Waals surface area contributed by atoms with Gasteiger partial charge in [-0.2, -0.15) is 0 Å². The van der Waals surface area contributed by atoms with E-state index in [-0.39, 0.29) is 11.6 Å². The van der Waals surface area contributed by atoms with Crippen LogP contribution in [0.15, 0.2) is 12.1 Å². The van der Waals surface area contributed by atoms with Gasteiger partial charge in [0.25, 0.3) is 0 Å². The zero-order valence-corrected chi connectivity index (χ0v) is 11.9. The van der Waals surface area contributed by atoms with Crippen LogP contribution in [0.3, 0.4) is 0 Å². The molecule has 0 radical (unpaired) electrons. The van der Waals surface area contributed by atoms with Gasteiger partial charge in [-0.3, -0.25) is 4.79 Å². The lowest BCUT2D eigenvalue weighted by Crippen LogP contribution is -2.32. The van der Waals surface area contributed by atoms with Gasteiger partial charge < -0.3 is 4.90 Å². The maximum Gasteiger partial charge on any atom is 0.227 e. The first-order valence-electron chi connectivity index (χ1n) is 6.46. The molecule has 1 amide bonds. The van der Waals surface area contributed by atoms with Crippen LogP contribution in [-0.2, 0) is 4.79 Å². The third-order valence-corrected chi connectivity index (χ3v) is 3.15. The number of unbranched alkanes of at least 4 members (excludes halogenated alkanes) is 1. The van der Waals surface area contributed by atoms with Crippen LogP contribution in [0.4, 0.5) is 14.5 Å². The molecular weight excluding hydrogens is 272 g/mol. The lowest BCUT2D eigenvalue weighted by Gasteiger charge is -2.23. The second kappa shape index (κ2) is 7.43. The molecule has 2 nitrogen and oxygen atoms in total. The summed E-state index contributed by atoms with van der Waals surface area (Å²) in [5.74, 6) is -1.86. The molecule has 0 spiro atoms. The predicted molar refractivity (Wildman–Crippen MR) is 73.5 cm³/mol. The van der Waals surface area contributed by atoms with Gasteiger partial charge in [-0.1, -0.05) is 31.9 Å². The molecule has 106 valence electrons. The number of benzene rings is 1. The van der Waals surface area contributed by atoms with Gasteiger partial charge in [0, 0.05) is 13.0 Å². The molecule has 1 aromatic carbocycles. The Hall–Kier alpha value is -1.16. The maximum absolute atomic E-state index is 14.0. The number of hydrogen-bond acceptors (Lipinski definition) is 1. The van der Waals surface area contributed by atoms with Crippen molar-refractivity contribution in [2.45, 2.75) is 39.5 Å². The molecular formula is C14H18ClF2NO. The molecule has 0 aliphatic rings. The molecule has 0 saturated heterocycles. The number of anilines is 1. The van der Waals surface area contributed by atoms with Gasteiger partial charge in [-0.25, -0.2) is 8.78 Å². The Morgan fingerprint density at radius 2 is 1.95 bits per heavy atom. The second-order valence-corrected chi connectivity index (χ2v) is 4.72. The molecule has 19 heavy (non-hydrogen) atoms. The molecule has 1 rings (SSSR count). The Kier molecular flexibility index (Phi) is 6.22. The van der Waals surface area contributed by atoms with Crippen LogP contribution in [0.2, 0.25) is 5.02 Å². The van der Waals surface area contributed by atoms with Crippen molar-refractivity contribution >= 4 is 23.2 Å². The van der Waals surface area contributed by atoms with E-state index in [4.69, 9.17) is 11.6 Å².